The molecule has 2 nitrogen and oxygen atoms in total. The molecule has 0 saturated carbocycles. The Hall–Kier alpha value is 0.490. The van der Waals surface area contributed by atoms with Crippen LogP contribution < -0.4 is 0 Å². The lowest BCUT2D eigenvalue weighted by Crippen LogP contribution is -2.16. The molecule has 0 heterocycles. The maximum atomic E-state index is 5.68. The highest BCUT2D eigenvalue weighted by atomic mass is 32.9. The third kappa shape index (κ3) is 6.25. The first-order chi connectivity index (χ1) is 9.99. The Morgan fingerprint density at radius 2 is 1.67 bits per heavy atom. The highest BCUT2D eigenvalue weighted by Gasteiger charge is 2.27. The molecule has 6 heteroatoms. The number of rotatable bonds is 10. The Labute approximate surface area is 142 Å². The summed E-state index contributed by atoms with van der Waals surface area (Å²) in [5.41, 5.74) is -0.818. The Kier molecular flexibility index (Phi) is 8.92. The van der Waals surface area contributed by atoms with Gasteiger partial charge in [-0.1, -0.05) is 48.6 Å². The second-order valence-electron chi connectivity index (χ2n) is 4.62. The molecule has 0 aliphatic rings. The van der Waals surface area contributed by atoms with E-state index in [4.69, 9.17) is 20.9 Å². The van der Waals surface area contributed by atoms with Gasteiger partial charge < -0.3 is 9.05 Å². The summed E-state index contributed by atoms with van der Waals surface area (Å²) in [4.78, 5) is 0. The average molecular weight is 365 g/mol. The molecule has 0 fully saturated rings. The van der Waals surface area contributed by atoms with Crippen molar-refractivity contribution >= 4 is 40.6 Å². The SMILES string of the molecule is CCOP(=S)(OCC)SCS[C@@](C)(CC)c1ccccc1. The zero-order chi connectivity index (χ0) is 15.8. The van der Waals surface area contributed by atoms with Crippen molar-refractivity contribution in [3.8, 4) is 0 Å². The molecular weight excluding hydrogens is 339 g/mol. The van der Waals surface area contributed by atoms with Gasteiger partial charge in [0.15, 0.2) is 0 Å². The standard InChI is InChI=1S/C15H25O2PS3/c1-5-15(4,14-11-9-8-10-12-14)20-13-21-18(19,16-6-2)17-7-3/h8-12H,5-7,13H2,1-4H3/t15-/m0/s1. The first kappa shape index (κ1) is 19.5. The molecule has 21 heavy (non-hydrogen) atoms. The van der Waals surface area contributed by atoms with Crippen molar-refractivity contribution in [3.63, 3.8) is 0 Å². The number of hydrogen-bond acceptors (Lipinski definition) is 5. The first-order valence-corrected chi connectivity index (χ1v) is 12.4. The normalized spacial score (nSPS) is 14.9. The molecule has 1 aromatic rings. The van der Waals surface area contributed by atoms with Crippen LogP contribution in [-0.4, -0.2) is 18.3 Å². The van der Waals surface area contributed by atoms with Crippen molar-refractivity contribution in [2.24, 2.45) is 0 Å². The second kappa shape index (κ2) is 9.59. The predicted molar refractivity (Wildman–Crippen MR) is 102 cm³/mol. The Morgan fingerprint density at radius 1 is 1.10 bits per heavy atom. The van der Waals surface area contributed by atoms with Gasteiger partial charge in [0.2, 0.25) is 5.69 Å². The molecule has 0 bridgehead atoms. The number of thioether (sulfide) groups is 1. The van der Waals surface area contributed by atoms with E-state index in [9.17, 15) is 0 Å². The molecule has 120 valence electrons. The van der Waals surface area contributed by atoms with Crippen LogP contribution in [0.2, 0.25) is 0 Å². The van der Waals surface area contributed by atoms with Crippen molar-refractivity contribution in [1.82, 2.24) is 0 Å². The van der Waals surface area contributed by atoms with Gasteiger partial charge in [0.1, 0.15) is 0 Å². The third-order valence-electron chi connectivity index (χ3n) is 3.22. The van der Waals surface area contributed by atoms with Crippen LogP contribution in [0.25, 0.3) is 0 Å². The Morgan fingerprint density at radius 3 is 2.14 bits per heavy atom. The van der Waals surface area contributed by atoms with E-state index in [-0.39, 0.29) is 4.75 Å². The van der Waals surface area contributed by atoms with Crippen molar-refractivity contribution in [3.05, 3.63) is 35.9 Å². The summed E-state index contributed by atoms with van der Waals surface area (Å²) in [7, 11) is 0. The summed E-state index contributed by atoms with van der Waals surface area (Å²) < 4.78 is 11.5. The van der Waals surface area contributed by atoms with Crippen molar-refractivity contribution < 1.29 is 9.05 Å². The lowest BCUT2D eigenvalue weighted by molar-refractivity contribution is 0.280. The number of benzene rings is 1. The van der Waals surface area contributed by atoms with Crippen molar-refractivity contribution in [2.75, 3.05) is 18.3 Å². The van der Waals surface area contributed by atoms with Gasteiger partial charge in [0.25, 0.3) is 0 Å². The van der Waals surface area contributed by atoms with Gasteiger partial charge in [0.05, 0.1) is 13.2 Å². The van der Waals surface area contributed by atoms with Gasteiger partial charge in [-0.25, -0.2) is 0 Å². The van der Waals surface area contributed by atoms with Gasteiger partial charge in [-0.2, -0.15) is 0 Å². The molecule has 1 aromatic carbocycles. The molecule has 1 rings (SSSR count). The number of hydrogen-bond donors (Lipinski definition) is 0. The molecule has 0 N–H and O–H groups in total. The van der Waals surface area contributed by atoms with E-state index in [0.29, 0.717) is 13.2 Å². The summed E-state index contributed by atoms with van der Waals surface area (Å²) in [6, 6.07) is 10.6. The molecule has 1 atom stereocenters. The highest BCUT2D eigenvalue weighted by Crippen LogP contribution is 2.62. The third-order valence-corrected chi connectivity index (χ3v) is 10.9. The molecule has 0 aromatic heterocycles. The molecule has 0 aliphatic heterocycles. The van der Waals surface area contributed by atoms with E-state index in [0.717, 1.165) is 11.5 Å². The molecule has 0 saturated heterocycles. The highest BCUT2D eigenvalue weighted by molar-refractivity contribution is 8.69. The van der Waals surface area contributed by atoms with E-state index in [1.54, 1.807) is 11.4 Å². The summed E-state index contributed by atoms with van der Waals surface area (Å²) in [5, 5.41) is 0.885. The quantitative estimate of drug-likeness (QED) is 0.371. The van der Waals surface area contributed by atoms with Crippen LogP contribution in [0.3, 0.4) is 0 Å². The van der Waals surface area contributed by atoms with Gasteiger partial charge >= 0.3 is 0 Å². The molecule has 0 radical (unpaired) electrons. The van der Waals surface area contributed by atoms with Gasteiger partial charge in [-0.05, 0) is 44.6 Å². The zero-order valence-corrected chi connectivity index (χ0v) is 16.5. The van der Waals surface area contributed by atoms with E-state index in [1.165, 1.54) is 5.56 Å². The minimum absolute atomic E-state index is 0.104. The molecule has 0 amide bonds. The van der Waals surface area contributed by atoms with E-state index in [1.807, 2.05) is 25.6 Å². The van der Waals surface area contributed by atoms with Crippen LogP contribution in [0, 0.1) is 0 Å². The largest absolute Gasteiger partial charge is 0.322 e. The van der Waals surface area contributed by atoms with Crippen LogP contribution in [0.4, 0.5) is 0 Å². The molecule has 0 unspecified atom stereocenters. The topological polar surface area (TPSA) is 18.5 Å². The lowest BCUT2D eigenvalue weighted by atomic mass is 9.98. The fourth-order valence-electron chi connectivity index (χ4n) is 1.83. The second-order valence-corrected chi connectivity index (χ2v) is 12.8. The fourth-order valence-corrected chi connectivity index (χ4v) is 9.47. The summed E-state index contributed by atoms with van der Waals surface area (Å²) >= 11 is 9.13. The van der Waals surface area contributed by atoms with Gasteiger partial charge in [-0.3, -0.25) is 0 Å². The smallest absolute Gasteiger partial charge is 0.248 e. The Balaban J connectivity index is 2.65. The van der Waals surface area contributed by atoms with Crippen molar-refractivity contribution in [1.29, 1.82) is 0 Å². The van der Waals surface area contributed by atoms with Crippen molar-refractivity contribution in [2.45, 2.75) is 38.9 Å². The zero-order valence-electron chi connectivity index (χ0n) is 13.2. The van der Waals surface area contributed by atoms with E-state index in [2.05, 4.69) is 44.2 Å². The molecular formula is C15H25O2PS3. The maximum absolute atomic E-state index is 5.68. The maximum Gasteiger partial charge on any atom is 0.248 e. The molecule has 0 spiro atoms. The fraction of sp³-hybridized carbons (Fsp3) is 0.600. The van der Waals surface area contributed by atoms with Crippen LogP contribution in [-0.2, 0) is 25.6 Å². The summed E-state index contributed by atoms with van der Waals surface area (Å²) in [6.07, 6.45) is 1.08. The Bertz CT molecular complexity index is 445. The minimum atomic E-state index is -2.18. The molecule has 0 aliphatic carbocycles. The summed E-state index contributed by atoms with van der Waals surface area (Å²) in [6.45, 7) is 9.67. The van der Waals surface area contributed by atoms with Gasteiger partial charge in [-0.15, -0.1) is 11.8 Å². The van der Waals surface area contributed by atoms with Crippen LogP contribution in [0.15, 0.2) is 30.3 Å². The summed E-state index contributed by atoms with van der Waals surface area (Å²) in [5.74, 6) is 0. The predicted octanol–water partition coefficient (Wildman–Crippen LogP) is 6.03. The minimum Gasteiger partial charge on any atom is -0.322 e. The first-order valence-electron chi connectivity index (χ1n) is 7.22. The lowest BCUT2D eigenvalue weighted by Gasteiger charge is -2.29. The van der Waals surface area contributed by atoms with E-state index < -0.39 is 5.69 Å². The monoisotopic (exact) mass is 364 g/mol. The van der Waals surface area contributed by atoms with E-state index >= 15 is 0 Å². The van der Waals surface area contributed by atoms with Crippen LogP contribution in [0.1, 0.15) is 39.7 Å². The van der Waals surface area contributed by atoms with Crippen LogP contribution >= 0.6 is 28.8 Å². The average Bonchev–Trinajstić information content (AvgIpc) is 2.48. The van der Waals surface area contributed by atoms with Gasteiger partial charge in [0, 0.05) is 9.83 Å². The van der Waals surface area contributed by atoms with Crippen LogP contribution in [0.5, 0.6) is 0 Å².